The SMILES string of the molecule is CCOC(=O)C1=C(C)N=c2s/c(=C\c3cc(I)c(O)c([N+](=O)[O-])c3)c(=O)n2[C@@H]1c1ccc(Cl)cc1. The van der Waals surface area contributed by atoms with Gasteiger partial charge in [-0.05, 0) is 71.8 Å². The summed E-state index contributed by atoms with van der Waals surface area (Å²) in [5, 5.41) is 21.8. The first-order valence-corrected chi connectivity index (χ1v) is 12.5. The molecule has 0 radical (unpaired) electrons. The van der Waals surface area contributed by atoms with Crippen molar-refractivity contribution in [1.29, 1.82) is 0 Å². The summed E-state index contributed by atoms with van der Waals surface area (Å²) < 4.78 is 7.20. The van der Waals surface area contributed by atoms with E-state index in [0.29, 0.717) is 26.6 Å². The van der Waals surface area contributed by atoms with Gasteiger partial charge in [-0.2, -0.15) is 0 Å². The van der Waals surface area contributed by atoms with Crippen molar-refractivity contribution in [3.63, 3.8) is 0 Å². The predicted molar refractivity (Wildman–Crippen MR) is 139 cm³/mol. The average Bonchev–Trinajstić information content (AvgIpc) is 3.10. The van der Waals surface area contributed by atoms with Crippen molar-refractivity contribution in [1.82, 2.24) is 4.57 Å². The van der Waals surface area contributed by atoms with Gasteiger partial charge < -0.3 is 9.84 Å². The predicted octanol–water partition coefficient (Wildman–Crippen LogP) is 3.67. The van der Waals surface area contributed by atoms with Crippen LogP contribution in [0.5, 0.6) is 5.75 Å². The van der Waals surface area contributed by atoms with Crippen LogP contribution < -0.4 is 14.9 Å². The lowest BCUT2D eigenvalue weighted by Gasteiger charge is -2.24. The number of phenolic OH excluding ortho intramolecular Hbond substituents is 1. The minimum absolute atomic E-state index is 0.158. The third kappa shape index (κ3) is 4.75. The van der Waals surface area contributed by atoms with Crippen LogP contribution in [0.25, 0.3) is 6.08 Å². The molecule has 1 atom stereocenters. The molecule has 0 spiro atoms. The number of nitro benzene ring substituents is 1. The van der Waals surface area contributed by atoms with Crippen LogP contribution in [-0.2, 0) is 9.53 Å². The lowest BCUT2D eigenvalue weighted by Crippen LogP contribution is -2.39. The molecule has 12 heteroatoms. The Balaban J connectivity index is 1.96. The Kier molecular flexibility index (Phi) is 7.10. The molecule has 0 fully saturated rings. The normalized spacial score (nSPS) is 15.5. The molecule has 2 heterocycles. The van der Waals surface area contributed by atoms with E-state index in [9.17, 15) is 24.8 Å². The number of esters is 1. The minimum atomic E-state index is -0.793. The standard InChI is InChI=1S/C23H17ClIN3O6S/c1-3-34-22(31)18-11(2)26-23-27(19(18)13-4-6-14(24)7-5-13)21(30)17(35-23)10-12-8-15(25)20(29)16(9-12)28(32)33/h4-10,19,29H,3H2,1-2H3/b17-10-/t19-/m1/s1. The Morgan fingerprint density at radius 1 is 1.37 bits per heavy atom. The molecule has 2 aromatic carbocycles. The first-order valence-electron chi connectivity index (χ1n) is 10.2. The second-order valence-electron chi connectivity index (χ2n) is 7.48. The number of nitro groups is 1. The zero-order valence-corrected chi connectivity index (χ0v) is 22.1. The summed E-state index contributed by atoms with van der Waals surface area (Å²) in [4.78, 5) is 41.9. The topological polar surface area (TPSA) is 124 Å². The quantitative estimate of drug-likeness (QED) is 0.200. The van der Waals surface area contributed by atoms with Gasteiger partial charge in [0, 0.05) is 11.1 Å². The van der Waals surface area contributed by atoms with E-state index in [4.69, 9.17) is 16.3 Å². The molecule has 0 unspecified atom stereocenters. The molecule has 180 valence electrons. The van der Waals surface area contributed by atoms with Crippen molar-refractivity contribution in [3.05, 3.63) is 97.2 Å². The van der Waals surface area contributed by atoms with Crippen LogP contribution in [0.3, 0.4) is 0 Å². The monoisotopic (exact) mass is 625 g/mol. The van der Waals surface area contributed by atoms with Crippen molar-refractivity contribution in [2.45, 2.75) is 19.9 Å². The van der Waals surface area contributed by atoms with Gasteiger partial charge in [-0.1, -0.05) is 35.1 Å². The molecule has 1 aliphatic rings. The second kappa shape index (κ2) is 9.91. The van der Waals surface area contributed by atoms with E-state index in [2.05, 4.69) is 4.99 Å². The average molecular weight is 626 g/mol. The molecule has 0 saturated carbocycles. The molecule has 1 N–H and O–H groups in total. The first-order chi connectivity index (χ1) is 16.6. The van der Waals surface area contributed by atoms with Crippen LogP contribution in [0.1, 0.15) is 31.0 Å². The Labute approximate surface area is 220 Å². The number of aromatic nitrogens is 1. The molecule has 3 aromatic rings. The number of allylic oxidation sites excluding steroid dienone is 1. The van der Waals surface area contributed by atoms with Gasteiger partial charge in [-0.3, -0.25) is 19.5 Å². The molecule has 1 aliphatic heterocycles. The van der Waals surface area contributed by atoms with Crippen molar-refractivity contribution in [2.24, 2.45) is 4.99 Å². The van der Waals surface area contributed by atoms with Crippen LogP contribution in [0.2, 0.25) is 5.02 Å². The number of carbonyl (C=O) groups excluding carboxylic acids is 1. The summed E-state index contributed by atoms with van der Waals surface area (Å²) in [5.41, 5.74) is 0.792. The molecule has 0 amide bonds. The maximum atomic E-state index is 13.6. The van der Waals surface area contributed by atoms with Crippen LogP contribution in [0.15, 0.2) is 57.5 Å². The van der Waals surface area contributed by atoms with E-state index < -0.39 is 33.9 Å². The molecule has 4 rings (SSSR count). The molecular weight excluding hydrogens is 609 g/mol. The van der Waals surface area contributed by atoms with Gasteiger partial charge in [0.1, 0.15) is 0 Å². The lowest BCUT2D eigenvalue weighted by molar-refractivity contribution is -0.386. The van der Waals surface area contributed by atoms with Crippen molar-refractivity contribution in [3.8, 4) is 5.75 Å². The summed E-state index contributed by atoms with van der Waals surface area (Å²) in [6.07, 6.45) is 1.50. The van der Waals surface area contributed by atoms with Crippen LogP contribution in [-0.4, -0.2) is 27.2 Å². The highest BCUT2D eigenvalue weighted by Gasteiger charge is 2.33. The van der Waals surface area contributed by atoms with E-state index in [0.717, 1.165) is 11.3 Å². The zero-order valence-electron chi connectivity index (χ0n) is 18.3. The van der Waals surface area contributed by atoms with Gasteiger partial charge in [0.25, 0.3) is 5.56 Å². The van der Waals surface area contributed by atoms with Gasteiger partial charge in [0.2, 0.25) is 5.75 Å². The van der Waals surface area contributed by atoms with Crippen molar-refractivity contribution >= 4 is 63.3 Å². The molecule has 0 saturated heterocycles. The Morgan fingerprint density at radius 3 is 2.69 bits per heavy atom. The van der Waals surface area contributed by atoms with Gasteiger partial charge >= 0.3 is 11.7 Å². The second-order valence-corrected chi connectivity index (χ2v) is 10.1. The van der Waals surface area contributed by atoms with E-state index in [1.807, 2.05) is 0 Å². The molecule has 9 nitrogen and oxygen atoms in total. The van der Waals surface area contributed by atoms with Gasteiger partial charge in [-0.15, -0.1) is 0 Å². The molecule has 35 heavy (non-hydrogen) atoms. The number of fused-ring (bicyclic) bond motifs is 1. The number of thiazole rings is 1. The number of rotatable bonds is 5. The number of hydrogen-bond donors (Lipinski definition) is 1. The number of phenols is 1. The number of carbonyl (C=O) groups is 1. The fourth-order valence-electron chi connectivity index (χ4n) is 3.73. The van der Waals surface area contributed by atoms with Gasteiger partial charge in [-0.25, -0.2) is 9.79 Å². The first kappa shape index (κ1) is 25.1. The number of benzene rings is 2. The maximum absolute atomic E-state index is 13.6. The van der Waals surface area contributed by atoms with Crippen LogP contribution in [0, 0.1) is 13.7 Å². The molecule has 0 aliphatic carbocycles. The van der Waals surface area contributed by atoms with Crippen LogP contribution >= 0.6 is 45.5 Å². The third-order valence-electron chi connectivity index (χ3n) is 5.26. The fraction of sp³-hybridized carbons (Fsp3) is 0.174. The minimum Gasteiger partial charge on any atom is -0.501 e. The Hall–Kier alpha value is -3.03. The summed E-state index contributed by atoms with van der Waals surface area (Å²) in [5.74, 6) is -1.02. The highest BCUT2D eigenvalue weighted by Crippen LogP contribution is 2.33. The number of halogens is 2. The summed E-state index contributed by atoms with van der Waals surface area (Å²) in [6.45, 7) is 3.53. The number of ether oxygens (including phenoxy) is 1. The number of aromatic hydroxyl groups is 1. The van der Waals surface area contributed by atoms with Crippen molar-refractivity contribution in [2.75, 3.05) is 6.61 Å². The highest BCUT2D eigenvalue weighted by atomic mass is 127. The van der Waals surface area contributed by atoms with E-state index in [1.54, 1.807) is 60.7 Å². The van der Waals surface area contributed by atoms with E-state index in [1.165, 1.54) is 22.8 Å². The Bertz CT molecular complexity index is 1580. The summed E-state index contributed by atoms with van der Waals surface area (Å²) in [7, 11) is 0. The number of hydrogen-bond acceptors (Lipinski definition) is 8. The smallest absolute Gasteiger partial charge is 0.338 e. The largest absolute Gasteiger partial charge is 0.501 e. The highest BCUT2D eigenvalue weighted by molar-refractivity contribution is 14.1. The summed E-state index contributed by atoms with van der Waals surface area (Å²) in [6, 6.07) is 8.74. The number of nitrogens with zero attached hydrogens (tertiary/aromatic N) is 3. The third-order valence-corrected chi connectivity index (χ3v) is 7.32. The zero-order chi connectivity index (χ0) is 25.4. The maximum Gasteiger partial charge on any atom is 0.338 e. The molecular formula is C23H17ClIN3O6S. The van der Waals surface area contributed by atoms with Gasteiger partial charge in [0.05, 0.1) is 36.9 Å². The molecule has 1 aromatic heterocycles. The Morgan fingerprint density at radius 2 is 2.06 bits per heavy atom. The summed E-state index contributed by atoms with van der Waals surface area (Å²) >= 11 is 8.94. The van der Waals surface area contributed by atoms with E-state index >= 15 is 0 Å². The lowest BCUT2D eigenvalue weighted by atomic mass is 9.96. The molecule has 0 bridgehead atoms. The van der Waals surface area contributed by atoms with Crippen molar-refractivity contribution < 1.29 is 19.6 Å². The van der Waals surface area contributed by atoms with E-state index in [-0.39, 0.29) is 20.3 Å². The fourth-order valence-corrected chi connectivity index (χ4v) is 5.54. The van der Waals surface area contributed by atoms with Crippen LogP contribution in [0.4, 0.5) is 5.69 Å². The van der Waals surface area contributed by atoms with Gasteiger partial charge in [0.15, 0.2) is 4.80 Å².